The topological polar surface area (TPSA) is 42.0 Å². The summed E-state index contributed by atoms with van der Waals surface area (Å²) in [5.74, 6) is 1.80. The smallest absolute Gasteiger partial charge is 0.237 e. The average Bonchev–Trinajstić information content (AvgIpc) is 3.15. The van der Waals surface area contributed by atoms with E-state index in [-0.39, 0.29) is 6.04 Å². The van der Waals surface area contributed by atoms with E-state index in [9.17, 15) is 4.79 Å². The number of rotatable bonds is 6. The second kappa shape index (κ2) is 8.76. The summed E-state index contributed by atoms with van der Waals surface area (Å²) in [6, 6.07) is 6.83. The van der Waals surface area contributed by atoms with Gasteiger partial charge in [-0.15, -0.1) is 0 Å². The molecule has 2 fully saturated rings. The van der Waals surface area contributed by atoms with Gasteiger partial charge < -0.3 is 14.4 Å². The molecule has 0 aliphatic carbocycles. The summed E-state index contributed by atoms with van der Waals surface area (Å²) in [5.41, 5.74) is 1.21. The highest BCUT2D eigenvalue weighted by molar-refractivity contribution is 5.78. The van der Waals surface area contributed by atoms with Gasteiger partial charge in [-0.3, -0.25) is 9.69 Å². The van der Waals surface area contributed by atoms with Gasteiger partial charge in [0, 0.05) is 18.6 Å². The number of carbonyl (C=O) groups excluding carboxylic acids is 1. The molecular weight excluding hydrogens is 328 g/mol. The Balaban J connectivity index is 1.71. The highest BCUT2D eigenvalue weighted by Crippen LogP contribution is 2.37. The van der Waals surface area contributed by atoms with Gasteiger partial charge in [0.2, 0.25) is 5.91 Å². The lowest BCUT2D eigenvalue weighted by Crippen LogP contribution is -2.47. The van der Waals surface area contributed by atoms with Crippen LogP contribution in [0.3, 0.4) is 0 Å². The quantitative estimate of drug-likeness (QED) is 0.777. The zero-order chi connectivity index (χ0) is 18.5. The van der Waals surface area contributed by atoms with Crippen LogP contribution in [0.4, 0.5) is 0 Å². The lowest BCUT2D eigenvalue weighted by atomic mass is 9.99. The molecule has 2 heterocycles. The normalized spacial score (nSPS) is 23.9. The number of hydrogen-bond donors (Lipinski definition) is 0. The fourth-order valence-corrected chi connectivity index (χ4v) is 4.47. The number of methoxy groups -OCH3 is 2. The molecule has 1 aromatic carbocycles. The molecule has 2 aliphatic rings. The Morgan fingerprint density at radius 2 is 1.88 bits per heavy atom. The van der Waals surface area contributed by atoms with Gasteiger partial charge in [-0.1, -0.05) is 13.0 Å². The number of benzene rings is 1. The van der Waals surface area contributed by atoms with Crippen molar-refractivity contribution in [2.24, 2.45) is 0 Å². The summed E-state index contributed by atoms with van der Waals surface area (Å²) in [7, 11) is 3.32. The Kier molecular flexibility index (Phi) is 6.41. The lowest BCUT2D eigenvalue weighted by Gasteiger charge is -2.37. The van der Waals surface area contributed by atoms with Crippen LogP contribution in [0.25, 0.3) is 0 Å². The Morgan fingerprint density at radius 1 is 1.08 bits per heavy atom. The van der Waals surface area contributed by atoms with E-state index in [0.29, 0.717) is 18.5 Å². The number of piperidine rings is 1. The third kappa shape index (κ3) is 3.98. The van der Waals surface area contributed by atoms with E-state index in [0.717, 1.165) is 56.7 Å². The minimum Gasteiger partial charge on any atom is -0.493 e. The number of nitrogens with zero attached hydrogens (tertiary/aromatic N) is 2. The molecule has 5 nitrogen and oxygen atoms in total. The van der Waals surface area contributed by atoms with Crippen molar-refractivity contribution in [2.45, 2.75) is 57.5 Å². The van der Waals surface area contributed by atoms with Gasteiger partial charge in [0.1, 0.15) is 0 Å². The van der Waals surface area contributed by atoms with Gasteiger partial charge in [-0.25, -0.2) is 0 Å². The van der Waals surface area contributed by atoms with Crippen molar-refractivity contribution in [3.63, 3.8) is 0 Å². The summed E-state index contributed by atoms with van der Waals surface area (Å²) in [5, 5.41) is 0. The summed E-state index contributed by atoms with van der Waals surface area (Å²) in [6.07, 6.45) is 6.82. The zero-order valence-corrected chi connectivity index (χ0v) is 16.4. The minimum absolute atomic E-state index is 0.281. The molecule has 1 aromatic rings. The molecule has 144 valence electrons. The van der Waals surface area contributed by atoms with E-state index >= 15 is 0 Å². The molecule has 0 radical (unpaired) electrons. The van der Waals surface area contributed by atoms with Crippen molar-refractivity contribution in [3.05, 3.63) is 23.8 Å². The standard InChI is InChI=1S/C21H32N2O3/c1-4-17-8-5-6-13-23(17)21(24)15-22-12-7-9-18(22)16-10-11-19(25-2)20(14-16)26-3/h10-11,14,17-18H,4-9,12-13,15H2,1-3H3/t17-,18+/m1/s1. The molecule has 3 rings (SSSR count). The summed E-state index contributed by atoms with van der Waals surface area (Å²) < 4.78 is 10.8. The fourth-order valence-electron chi connectivity index (χ4n) is 4.47. The van der Waals surface area contributed by atoms with Crippen LogP contribution in [0, 0.1) is 0 Å². The van der Waals surface area contributed by atoms with E-state index in [1.807, 2.05) is 6.07 Å². The van der Waals surface area contributed by atoms with Gasteiger partial charge in [-0.2, -0.15) is 0 Å². The molecular formula is C21H32N2O3. The van der Waals surface area contributed by atoms with Gasteiger partial charge in [0.25, 0.3) is 0 Å². The molecule has 0 N–H and O–H groups in total. The lowest BCUT2D eigenvalue weighted by molar-refractivity contribution is -0.136. The maximum atomic E-state index is 13.0. The third-order valence-corrected chi connectivity index (χ3v) is 5.91. The van der Waals surface area contributed by atoms with Crippen molar-refractivity contribution < 1.29 is 14.3 Å². The van der Waals surface area contributed by atoms with E-state index in [2.05, 4.69) is 28.9 Å². The molecule has 5 heteroatoms. The maximum Gasteiger partial charge on any atom is 0.237 e. The number of amides is 1. The van der Waals surface area contributed by atoms with Crippen LogP contribution in [-0.4, -0.2) is 55.6 Å². The number of ether oxygens (including phenoxy) is 2. The van der Waals surface area contributed by atoms with Crippen LogP contribution in [0.5, 0.6) is 11.5 Å². The van der Waals surface area contributed by atoms with Gasteiger partial charge in [-0.05, 0) is 62.8 Å². The Morgan fingerprint density at radius 3 is 2.62 bits per heavy atom. The zero-order valence-electron chi connectivity index (χ0n) is 16.4. The average molecular weight is 360 g/mol. The molecule has 0 bridgehead atoms. The van der Waals surface area contributed by atoms with Crippen molar-refractivity contribution >= 4 is 5.91 Å². The second-order valence-electron chi connectivity index (χ2n) is 7.39. The first kappa shape index (κ1) is 19.0. The molecule has 0 unspecified atom stereocenters. The Bertz CT molecular complexity index is 619. The van der Waals surface area contributed by atoms with Crippen LogP contribution in [0.15, 0.2) is 18.2 Å². The second-order valence-corrected chi connectivity index (χ2v) is 7.39. The summed E-state index contributed by atoms with van der Waals surface area (Å²) >= 11 is 0. The third-order valence-electron chi connectivity index (χ3n) is 5.91. The van der Waals surface area contributed by atoms with E-state index in [4.69, 9.17) is 9.47 Å². The first-order valence-corrected chi connectivity index (χ1v) is 9.93. The fraction of sp³-hybridized carbons (Fsp3) is 0.667. The molecule has 2 atom stereocenters. The number of carbonyl (C=O) groups is 1. The van der Waals surface area contributed by atoms with E-state index < -0.39 is 0 Å². The molecule has 2 aliphatic heterocycles. The largest absolute Gasteiger partial charge is 0.493 e. The van der Waals surface area contributed by atoms with Gasteiger partial charge in [0.15, 0.2) is 11.5 Å². The van der Waals surface area contributed by atoms with Crippen molar-refractivity contribution in [1.29, 1.82) is 0 Å². The number of hydrogen-bond acceptors (Lipinski definition) is 4. The predicted octanol–water partition coefficient (Wildman–Crippen LogP) is 3.63. The van der Waals surface area contributed by atoms with Gasteiger partial charge >= 0.3 is 0 Å². The molecule has 0 aromatic heterocycles. The summed E-state index contributed by atoms with van der Waals surface area (Å²) in [4.78, 5) is 17.4. The predicted molar refractivity (Wildman–Crippen MR) is 103 cm³/mol. The van der Waals surface area contributed by atoms with Crippen molar-refractivity contribution in [2.75, 3.05) is 33.9 Å². The monoisotopic (exact) mass is 360 g/mol. The highest BCUT2D eigenvalue weighted by atomic mass is 16.5. The van der Waals surface area contributed by atoms with Crippen LogP contribution < -0.4 is 9.47 Å². The number of likely N-dealkylation sites (tertiary alicyclic amines) is 2. The SMILES string of the molecule is CC[C@@H]1CCCCN1C(=O)CN1CCC[C@H]1c1ccc(OC)c(OC)c1. The van der Waals surface area contributed by atoms with Crippen LogP contribution >= 0.6 is 0 Å². The van der Waals surface area contributed by atoms with Crippen LogP contribution in [0.2, 0.25) is 0 Å². The maximum absolute atomic E-state index is 13.0. The summed E-state index contributed by atoms with van der Waals surface area (Å²) in [6.45, 7) is 4.62. The molecule has 1 amide bonds. The van der Waals surface area contributed by atoms with Crippen LogP contribution in [0.1, 0.15) is 57.1 Å². The van der Waals surface area contributed by atoms with Crippen molar-refractivity contribution in [3.8, 4) is 11.5 Å². The minimum atomic E-state index is 0.281. The molecule has 0 spiro atoms. The van der Waals surface area contributed by atoms with E-state index in [1.165, 1.54) is 12.0 Å². The van der Waals surface area contributed by atoms with Crippen LogP contribution in [-0.2, 0) is 4.79 Å². The Hall–Kier alpha value is -1.75. The van der Waals surface area contributed by atoms with Crippen molar-refractivity contribution in [1.82, 2.24) is 9.80 Å². The van der Waals surface area contributed by atoms with E-state index in [1.54, 1.807) is 14.2 Å². The first-order chi connectivity index (χ1) is 12.7. The first-order valence-electron chi connectivity index (χ1n) is 9.93. The highest BCUT2D eigenvalue weighted by Gasteiger charge is 2.32. The molecule has 26 heavy (non-hydrogen) atoms. The van der Waals surface area contributed by atoms with Gasteiger partial charge in [0.05, 0.1) is 20.8 Å². The molecule has 2 saturated heterocycles. The molecule has 0 saturated carbocycles. The Labute approximate surface area is 157 Å².